The Morgan fingerprint density at radius 3 is 2.67 bits per heavy atom. The fraction of sp³-hybridized carbons (Fsp3) is 0.353. The lowest BCUT2D eigenvalue weighted by Crippen LogP contribution is -2.22. The van der Waals surface area contributed by atoms with Gasteiger partial charge in [-0.05, 0) is 43.9 Å². The van der Waals surface area contributed by atoms with Crippen molar-refractivity contribution < 1.29 is 23.8 Å². The van der Waals surface area contributed by atoms with Gasteiger partial charge in [-0.15, -0.1) is 0 Å². The summed E-state index contributed by atoms with van der Waals surface area (Å²) in [5.41, 5.74) is 0.402. The van der Waals surface area contributed by atoms with Gasteiger partial charge in [0.1, 0.15) is 11.9 Å². The number of aromatic nitrogens is 1. The largest absolute Gasteiger partial charge is 0.475 e. The minimum Gasteiger partial charge on any atom is -0.475 e. The number of carbonyl (C=O) groups is 2. The van der Waals surface area contributed by atoms with Crippen molar-refractivity contribution in [1.82, 2.24) is 10.3 Å². The highest BCUT2D eigenvalue weighted by atomic mass is 16.5. The third-order valence-corrected chi connectivity index (χ3v) is 3.88. The number of rotatable bonds is 6. The lowest BCUT2D eigenvalue weighted by Gasteiger charge is -2.12. The van der Waals surface area contributed by atoms with E-state index < -0.39 is 5.97 Å². The molecule has 1 amide bonds. The van der Waals surface area contributed by atoms with Crippen LogP contribution in [0.25, 0.3) is 0 Å². The van der Waals surface area contributed by atoms with Gasteiger partial charge in [0.05, 0.1) is 12.1 Å². The minimum absolute atomic E-state index is 0.104. The summed E-state index contributed by atoms with van der Waals surface area (Å²) in [6.07, 6.45) is 6.14. The lowest BCUT2D eigenvalue weighted by molar-refractivity contribution is 0.0660. The third-order valence-electron chi connectivity index (χ3n) is 3.88. The molecule has 1 saturated carbocycles. The molecule has 126 valence electrons. The summed E-state index contributed by atoms with van der Waals surface area (Å²) >= 11 is 0. The minimum atomic E-state index is -1.14. The van der Waals surface area contributed by atoms with Crippen molar-refractivity contribution in [3.05, 3.63) is 47.5 Å². The third kappa shape index (κ3) is 3.92. The molecule has 3 rings (SSSR count). The van der Waals surface area contributed by atoms with Crippen molar-refractivity contribution in [2.45, 2.75) is 38.3 Å². The number of hydrogen-bond acceptors (Lipinski definition) is 5. The molecule has 1 aliphatic rings. The Hall–Kier alpha value is -2.83. The highest BCUT2D eigenvalue weighted by Gasteiger charge is 2.17. The topological polar surface area (TPSA) is 102 Å². The van der Waals surface area contributed by atoms with Crippen molar-refractivity contribution in [2.75, 3.05) is 0 Å². The summed E-state index contributed by atoms with van der Waals surface area (Å²) in [7, 11) is 0. The summed E-state index contributed by atoms with van der Waals surface area (Å²) in [4.78, 5) is 27.0. The fourth-order valence-electron chi connectivity index (χ4n) is 2.62. The Labute approximate surface area is 138 Å². The van der Waals surface area contributed by atoms with Crippen LogP contribution in [0.1, 0.15) is 52.4 Å². The van der Waals surface area contributed by atoms with Gasteiger partial charge in [-0.1, -0.05) is 0 Å². The van der Waals surface area contributed by atoms with E-state index in [4.69, 9.17) is 14.3 Å². The second kappa shape index (κ2) is 7.16. The van der Waals surface area contributed by atoms with Crippen molar-refractivity contribution in [3.63, 3.8) is 0 Å². The maximum atomic E-state index is 12.1. The maximum Gasteiger partial charge on any atom is 0.371 e. The number of pyridine rings is 1. The van der Waals surface area contributed by atoms with Crippen molar-refractivity contribution >= 4 is 11.9 Å². The maximum absolute atomic E-state index is 12.1. The number of hydrogen-bond donors (Lipinski definition) is 2. The SMILES string of the molecule is O=C(NCc1ccc(C(=O)O)o1)c1ccc(OC2CCCC2)nc1. The molecule has 0 unspecified atom stereocenters. The highest BCUT2D eigenvalue weighted by molar-refractivity contribution is 5.93. The predicted molar refractivity (Wildman–Crippen MR) is 84.0 cm³/mol. The zero-order valence-corrected chi connectivity index (χ0v) is 13.0. The Morgan fingerprint density at radius 2 is 2.04 bits per heavy atom. The van der Waals surface area contributed by atoms with Gasteiger partial charge in [0, 0.05) is 12.3 Å². The molecule has 2 aromatic rings. The van der Waals surface area contributed by atoms with E-state index in [9.17, 15) is 9.59 Å². The molecule has 0 bridgehead atoms. The summed E-state index contributed by atoms with van der Waals surface area (Å²) in [6, 6.07) is 6.20. The molecule has 0 aromatic carbocycles. The molecule has 7 heteroatoms. The van der Waals surface area contributed by atoms with Crippen molar-refractivity contribution in [3.8, 4) is 5.88 Å². The van der Waals surface area contributed by atoms with Gasteiger partial charge in [-0.2, -0.15) is 0 Å². The summed E-state index contributed by atoms with van der Waals surface area (Å²) in [6.45, 7) is 0.104. The van der Waals surface area contributed by atoms with Gasteiger partial charge < -0.3 is 19.6 Å². The lowest BCUT2D eigenvalue weighted by atomic mass is 10.2. The first kappa shape index (κ1) is 16.0. The summed E-state index contributed by atoms with van der Waals surface area (Å²) < 4.78 is 10.8. The molecular formula is C17H18N2O5. The Morgan fingerprint density at radius 1 is 1.25 bits per heavy atom. The molecule has 1 aliphatic carbocycles. The van der Waals surface area contributed by atoms with E-state index in [0.717, 1.165) is 12.8 Å². The van der Waals surface area contributed by atoms with Crippen LogP contribution in [0.5, 0.6) is 5.88 Å². The van der Waals surface area contributed by atoms with Crippen LogP contribution in [0.2, 0.25) is 0 Å². The summed E-state index contributed by atoms with van der Waals surface area (Å²) in [5, 5.41) is 11.4. The Bertz CT molecular complexity index is 717. The molecule has 0 radical (unpaired) electrons. The molecule has 0 aliphatic heterocycles. The Kier molecular flexibility index (Phi) is 4.79. The average Bonchev–Trinajstić information content (AvgIpc) is 3.25. The standard InChI is InChI=1S/C17H18N2O5/c20-16(19-10-13-6-7-14(23-13)17(21)22)11-5-8-15(18-9-11)24-12-3-1-2-4-12/h5-9,12H,1-4,10H2,(H,19,20)(H,21,22). The van der Waals surface area contributed by atoms with Gasteiger partial charge in [0.2, 0.25) is 11.6 Å². The van der Waals surface area contributed by atoms with Crippen LogP contribution in [0.4, 0.5) is 0 Å². The first-order chi connectivity index (χ1) is 11.6. The van der Waals surface area contributed by atoms with Crippen LogP contribution >= 0.6 is 0 Å². The fourth-order valence-corrected chi connectivity index (χ4v) is 2.62. The molecule has 2 aromatic heterocycles. The highest BCUT2D eigenvalue weighted by Crippen LogP contribution is 2.22. The number of nitrogens with zero attached hydrogens (tertiary/aromatic N) is 1. The van der Waals surface area contributed by atoms with Gasteiger partial charge in [-0.25, -0.2) is 9.78 Å². The normalized spacial score (nSPS) is 14.5. The molecule has 2 heterocycles. The number of carboxylic acids is 1. The van der Waals surface area contributed by atoms with Gasteiger partial charge in [-0.3, -0.25) is 4.79 Å². The number of carboxylic acid groups (broad SMARTS) is 1. The average molecular weight is 330 g/mol. The second-order valence-corrected chi connectivity index (χ2v) is 5.66. The molecule has 0 spiro atoms. The van der Waals surface area contributed by atoms with Crippen LogP contribution in [0.15, 0.2) is 34.9 Å². The van der Waals surface area contributed by atoms with Crippen LogP contribution in [-0.2, 0) is 6.54 Å². The number of amides is 1. The molecule has 24 heavy (non-hydrogen) atoms. The Balaban J connectivity index is 1.53. The van der Waals surface area contributed by atoms with Gasteiger partial charge >= 0.3 is 5.97 Å². The van der Waals surface area contributed by atoms with Crippen molar-refractivity contribution in [2.24, 2.45) is 0 Å². The smallest absolute Gasteiger partial charge is 0.371 e. The van der Waals surface area contributed by atoms with E-state index in [1.807, 2.05) is 0 Å². The zero-order chi connectivity index (χ0) is 16.9. The number of ether oxygens (including phenoxy) is 1. The van der Waals surface area contributed by atoms with Crippen LogP contribution in [0, 0.1) is 0 Å². The first-order valence-corrected chi connectivity index (χ1v) is 7.85. The monoisotopic (exact) mass is 330 g/mol. The van der Waals surface area contributed by atoms with Crippen molar-refractivity contribution in [1.29, 1.82) is 0 Å². The molecular weight excluding hydrogens is 312 g/mol. The molecule has 0 atom stereocenters. The quantitative estimate of drug-likeness (QED) is 0.844. The van der Waals surface area contributed by atoms with E-state index in [1.54, 1.807) is 12.1 Å². The molecule has 2 N–H and O–H groups in total. The van der Waals surface area contributed by atoms with Gasteiger partial charge in [0.25, 0.3) is 5.91 Å². The van der Waals surface area contributed by atoms with E-state index in [1.165, 1.54) is 31.2 Å². The van der Waals surface area contributed by atoms with Crippen LogP contribution < -0.4 is 10.1 Å². The van der Waals surface area contributed by atoms with E-state index in [2.05, 4.69) is 10.3 Å². The van der Waals surface area contributed by atoms with Gasteiger partial charge in [0.15, 0.2) is 0 Å². The number of nitrogens with one attached hydrogen (secondary N) is 1. The van der Waals surface area contributed by atoms with E-state index in [0.29, 0.717) is 17.2 Å². The summed E-state index contributed by atoms with van der Waals surface area (Å²) in [5.74, 6) is -0.724. The predicted octanol–water partition coefficient (Wildman–Crippen LogP) is 2.62. The number of furan rings is 1. The molecule has 1 fully saturated rings. The van der Waals surface area contributed by atoms with Crippen LogP contribution in [-0.4, -0.2) is 28.1 Å². The van der Waals surface area contributed by atoms with E-state index in [-0.39, 0.29) is 24.3 Å². The van der Waals surface area contributed by atoms with E-state index >= 15 is 0 Å². The molecule has 7 nitrogen and oxygen atoms in total. The number of aromatic carboxylic acids is 1. The van der Waals surface area contributed by atoms with Crippen LogP contribution in [0.3, 0.4) is 0 Å². The zero-order valence-electron chi connectivity index (χ0n) is 13.0. The second-order valence-electron chi connectivity index (χ2n) is 5.66. The molecule has 0 saturated heterocycles. The number of carbonyl (C=O) groups excluding carboxylic acids is 1. The first-order valence-electron chi connectivity index (χ1n) is 7.85.